The van der Waals surface area contributed by atoms with Gasteiger partial charge in [-0.25, -0.2) is 0 Å². The molecule has 1 saturated heterocycles. The number of carbonyl (C=O) groups excluding carboxylic acids is 2. The Hall–Kier alpha value is -1.06. The zero-order valence-electron chi connectivity index (χ0n) is 13.5. The SMILES string of the molecule is CCCC(C(N)=O)C1CCCCCCCCCCNC1=O. The average Bonchev–Trinajstić information content (AvgIpc) is 2.47. The van der Waals surface area contributed by atoms with Crippen molar-refractivity contribution in [3.63, 3.8) is 0 Å². The van der Waals surface area contributed by atoms with E-state index in [1.54, 1.807) is 0 Å². The van der Waals surface area contributed by atoms with E-state index < -0.39 is 0 Å². The number of rotatable bonds is 4. The Bertz CT molecular complexity index is 318. The van der Waals surface area contributed by atoms with Crippen LogP contribution >= 0.6 is 0 Å². The zero-order valence-corrected chi connectivity index (χ0v) is 13.5. The summed E-state index contributed by atoms with van der Waals surface area (Å²) in [6.07, 6.45) is 11.9. The highest BCUT2D eigenvalue weighted by Gasteiger charge is 2.31. The zero-order chi connectivity index (χ0) is 15.5. The Morgan fingerprint density at radius 1 is 1.14 bits per heavy atom. The first-order chi connectivity index (χ1) is 10.2. The van der Waals surface area contributed by atoms with Gasteiger partial charge in [-0.15, -0.1) is 0 Å². The molecule has 0 saturated carbocycles. The van der Waals surface area contributed by atoms with Gasteiger partial charge in [0.1, 0.15) is 0 Å². The van der Waals surface area contributed by atoms with Gasteiger partial charge in [-0.05, 0) is 19.3 Å². The third-order valence-corrected chi connectivity index (χ3v) is 4.53. The van der Waals surface area contributed by atoms with Crippen molar-refractivity contribution < 1.29 is 9.59 Å². The minimum atomic E-state index is -0.318. The second-order valence-electron chi connectivity index (χ2n) is 6.31. The number of nitrogens with one attached hydrogen (secondary N) is 1. The van der Waals surface area contributed by atoms with Gasteiger partial charge in [0.2, 0.25) is 11.8 Å². The van der Waals surface area contributed by atoms with Gasteiger partial charge in [-0.2, -0.15) is 0 Å². The number of carbonyl (C=O) groups is 2. The maximum Gasteiger partial charge on any atom is 0.223 e. The number of hydrogen-bond acceptors (Lipinski definition) is 2. The van der Waals surface area contributed by atoms with Gasteiger partial charge in [-0.1, -0.05) is 58.3 Å². The highest BCUT2D eigenvalue weighted by molar-refractivity contribution is 5.86. The minimum absolute atomic E-state index is 0.0338. The van der Waals surface area contributed by atoms with Gasteiger partial charge in [0.05, 0.1) is 0 Å². The molecule has 0 aromatic heterocycles. The normalized spacial score (nSPS) is 24.0. The Balaban J connectivity index is 2.67. The van der Waals surface area contributed by atoms with Crippen molar-refractivity contribution in [1.29, 1.82) is 0 Å². The van der Waals surface area contributed by atoms with Crippen molar-refractivity contribution in [2.24, 2.45) is 17.6 Å². The van der Waals surface area contributed by atoms with Crippen LogP contribution in [0.25, 0.3) is 0 Å². The molecule has 0 radical (unpaired) electrons. The Morgan fingerprint density at radius 3 is 2.29 bits per heavy atom. The van der Waals surface area contributed by atoms with Crippen molar-refractivity contribution in [3.8, 4) is 0 Å². The van der Waals surface area contributed by atoms with Crippen LogP contribution in [-0.2, 0) is 9.59 Å². The maximum atomic E-state index is 12.4. The second kappa shape index (κ2) is 10.6. The number of amides is 2. The molecule has 4 nitrogen and oxygen atoms in total. The molecule has 4 heteroatoms. The lowest BCUT2D eigenvalue weighted by Crippen LogP contribution is -2.40. The van der Waals surface area contributed by atoms with E-state index in [2.05, 4.69) is 5.32 Å². The lowest BCUT2D eigenvalue weighted by molar-refractivity contribution is -0.133. The van der Waals surface area contributed by atoms with Crippen molar-refractivity contribution in [2.75, 3.05) is 6.54 Å². The lowest BCUT2D eigenvalue weighted by Gasteiger charge is -2.24. The summed E-state index contributed by atoms with van der Waals surface area (Å²) in [7, 11) is 0. The van der Waals surface area contributed by atoms with Gasteiger partial charge in [0.25, 0.3) is 0 Å². The van der Waals surface area contributed by atoms with E-state index in [0.717, 1.165) is 38.6 Å². The predicted octanol–water partition coefficient (Wildman–Crippen LogP) is 3.14. The van der Waals surface area contributed by atoms with E-state index in [1.165, 1.54) is 32.1 Å². The highest BCUT2D eigenvalue weighted by Crippen LogP contribution is 2.24. The van der Waals surface area contributed by atoms with Gasteiger partial charge >= 0.3 is 0 Å². The van der Waals surface area contributed by atoms with Crippen LogP contribution < -0.4 is 11.1 Å². The van der Waals surface area contributed by atoms with Crippen molar-refractivity contribution in [1.82, 2.24) is 5.32 Å². The summed E-state index contributed by atoms with van der Waals surface area (Å²) in [5.74, 6) is -0.823. The van der Waals surface area contributed by atoms with E-state index in [0.29, 0.717) is 6.42 Å². The molecule has 1 fully saturated rings. The van der Waals surface area contributed by atoms with Gasteiger partial charge in [-0.3, -0.25) is 9.59 Å². The lowest BCUT2D eigenvalue weighted by atomic mass is 9.83. The van der Waals surface area contributed by atoms with Gasteiger partial charge in [0, 0.05) is 18.4 Å². The van der Waals surface area contributed by atoms with Crippen LogP contribution in [0, 0.1) is 11.8 Å². The van der Waals surface area contributed by atoms with Crippen LogP contribution in [0.4, 0.5) is 0 Å². The summed E-state index contributed by atoms with van der Waals surface area (Å²) < 4.78 is 0. The Labute approximate surface area is 129 Å². The maximum absolute atomic E-state index is 12.4. The quantitative estimate of drug-likeness (QED) is 0.836. The topological polar surface area (TPSA) is 72.2 Å². The summed E-state index contributed by atoms with van der Waals surface area (Å²) in [5, 5.41) is 3.02. The first-order valence-corrected chi connectivity index (χ1v) is 8.73. The summed E-state index contributed by atoms with van der Waals surface area (Å²) in [6, 6.07) is 0. The fourth-order valence-corrected chi connectivity index (χ4v) is 3.26. The molecule has 3 N–H and O–H groups in total. The standard InChI is InChI=1S/C17H32N2O2/c1-2-11-14(16(18)20)15-12-9-7-5-3-4-6-8-10-13-19-17(15)21/h14-15H,2-13H2,1H3,(H2,18,20)(H,19,21). The molecule has 2 atom stereocenters. The molecular formula is C17H32N2O2. The van der Waals surface area contributed by atoms with Gasteiger partial charge < -0.3 is 11.1 Å². The molecule has 0 aromatic carbocycles. The average molecular weight is 296 g/mol. The number of nitrogens with two attached hydrogens (primary N) is 1. The van der Waals surface area contributed by atoms with Crippen LogP contribution in [-0.4, -0.2) is 18.4 Å². The highest BCUT2D eigenvalue weighted by atomic mass is 16.2. The van der Waals surface area contributed by atoms with E-state index in [9.17, 15) is 9.59 Å². The van der Waals surface area contributed by atoms with Crippen LogP contribution in [0.1, 0.15) is 77.6 Å². The van der Waals surface area contributed by atoms with E-state index >= 15 is 0 Å². The molecule has 0 aliphatic carbocycles. The summed E-state index contributed by atoms with van der Waals surface area (Å²) in [6.45, 7) is 2.76. The molecule has 2 amide bonds. The summed E-state index contributed by atoms with van der Waals surface area (Å²) >= 11 is 0. The summed E-state index contributed by atoms with van der Waals surface area (Å²) in [4.78, 5) is 24.1. The molecule has 0 bridgehead atoms. The first kappa shape index (κ1) is 18.0. The molecule has 0 aromatic rings. The van der Waals surface area contributed by atoms with Crippen LogP contribution in [0.15, 0.2) is 0 Å². The second-order valence-corrected chi connectivity index (χ2v) is 6.31. The molecule has 1 rings (SSSR count). The van der Waals surface area contributed by atoms with Crippen LogP contribution in [0.5, 0.6) is 0 Å². The smallest absolute Gasteiger partial charge is 0.223 e. The summed E-state index contributed by atoms with van der Waals surface area (Å²) in [5.41, 5.74) is 5.54. The molecule has 0 spiro atoms. The van der Waals surface area contributed by atoms with Crippen molar-refractivity contribution in [2.45, 2.75) is 77.6 Å². The van der Waals surface area contributed by atoms with Crippen LogP contribution in [0.2, 0.25) is 0 Å². The fourth-order valence-electron chi connectivity index (χ4n) is 3.26. The predicted molar refractivity (Wildman–Crippen MR) is 85.6 cm³/mol. The van der Waals surface area contributed by atoms with E-state index in [-0.39, 0.29) is 23.7 Å². The Kier molecular flexibility index (Phi) is 9.11. The third-order valence-electron chi connectivity index (χ3n) is 4.53. The van der Waals surface area contributed by atoms with E-state index in [1.807, 2.05) is 6.92 Å². The molecule has 1 heterocycles. The fraction of sp³-hybridized carbons (Fsp3) is 0.882. The minimum Gasteiger partial charge on any atom is -0.369 e. The van der Waals surface area contributed by atoms with Crippen LogP contribution in [0.3, 0.4) is 0 Å². The van der Waals surface area contributed by atoms with Crippen molar-refractivity contribution in [3.05, 3.63) is 0 Å². The van der Waals surface area contributed by atoms with E-state index in [4.69, 9.17) is 5.73 Å². The van der Waals surface area contributed by atoms with Gasteiger partial charge in [0.15, 0.2) is 0 Å². The first-order valence-electron chi connectivity index (χ1n) is 8.73. The third kappa shape index (κ3) is 6.96. The van der Waals surface area contributed by atoms with Crippen molar-refractivity contribution >= 4 is 11.8 Å². The Morgan fingerprint density at radius 2 is 1.71 bits per heavy atom. The largest absolute Gasteiger partial charge is 0.369 e. The molecule has 122 valence electrons. The molecule has 21 heavy (non-hydrogen) atoms. The number of hydrogen-bond donors (Lipinski definition) is 2. The monoisotopic (exact) mass is 296 g/mol. The molecule has 1 aliphatic heterocycles. The molecule has 1 aliphatic rings. The number of primary amides is 1. The molecule has 2 unspecified atom stereocenters. The molecular weight excluding hydrogens is 264 g/mol.